The molecule has 0 aromatic carbocycles. The summed E-state index contributed by atoms with van der Waals surface area (Å²) >= 11 is 6.81. The zero-order valence-corrected chi connectivity index (χ0v) is 8.95. The summed E-state index contributed by atoms with van der Waals surface area (Å²) in [4.78, 5) is 10.9. The van der Waals surface area contributed by atoms with Crippen LogP contribution in [0.25, 0.3) is 0 Å². The highest BCUT2D eigenvalue weighted by molar-refractivity contribution is 7.11. The third-order valence-corrected chi connectivity index (χ3v) is 2.68. The van der Waals surface area contributed by atoms with Crippen molar-refractivity contribution in [2.75, 3.05) is 5.88 Å². The Balaban J connectivity index is 2.58. The third kappa shape index (κ3) is 2.93. The second-order valence-electron chi connectivity index (χ2n) is 2.58. The van der Waals surface area contributed by atoms with Crippen LogP contribution in [-0.2, 0) is 4.79 Å². The van der Waals surface area contributed by atoms with E-state index in [2.05, 4.69) is 15.5 Å². The second kappa shape index (κ2) is 4.53. The first-order chi connectivity index (χ1) is 6.13. The Morgan fingerprint density at radius 1 is 1.69 bits per heavy atom. The van der Waals surface area contributed by atoms with Gasteiger partial charge in [-0.3, -0.25) is 4.79 Å². The van der Waals surface area contributed by atoms with Crippen LogP contribution in [-0.4, -0.2) is 22.0 Å². The highest BCUT2D eigenvalue weighted by Gasteiger charge is 2.12. The van der Waals surface area contributed by atoms with E-state index in [1.54, 1.807) is 0 Å². The van der Waals surface area contributed by atoms with E-state index >= 15 is 0 Å². The lowest BCUT2D eigenvalue weighted by Crippen LogP contribution is -2.27. The Morgan fingerprint density at radius 3 is 2.85 bits per heavy atom. The molecule has 1 aromatic rings. The monoisotopic (exact) mass is 219 g/mol. The molecule has 0 fully saturated rings. The van der Waals surface area contributed by atoms with E-state index in [1.165, 1.54) is 11.3 Å². The first kappa shape index (κ1) is 10.4. The second-order valence-corrected chi connectivity index (χ2v) is 4.06. The Kier molecular flexibility index (Phi) is 3.62. The van der Waals surface area contributed by atoms with Gasteiger partial charge in [0.25, 0.3) is 0 Å². The summed E-state index contributed by atoms with van der Waals surface area (Å²) in [6, 6.07) is -0.113. The first-order valence-corrected chi connectivity index (χ1v) is 5.14. The molecule has 1 N–H and O–H groups in total. The van der Waals surface area contributed by atoms with Crippen LogP contribution in [0, 0.1) is 6.92 Å². The number of aromatic nitrogens is 2. The van der Waals surface area contributed by atoms with Crippen molar-refractivity contribution < 1.29 is 4.79 Å². The van der Waals surface area contributed by atoms with Gasteiger partial charge < -0.3 is 5.32 Å². The van der Waals surface area contributed by atoms with Gasteiger partial charge in [0.15, 0.2) is 0 Å². The number of alkyl halides is 1. The molecular formula is C7H10ClN3OS. The Labute approximate surface area is 85.3 Å². The van der Waals surface area contributed by atoms with E-state index in [4.69, 9.17) is 11.6 Å². The molecule has 72 valence electrons. The van der Waals surface area contributed by atoms with Crippen molar-refractivity contribution in [2.45, 2.75) is 19.9 Å². The van der Waals surface area contributed by atoms with Gasteiger partial charge in [0.1, 0.15) is 15.9 Å². The molecule has 1 rings (SSSR count). The van der Waals surface area contributed by atoms with Gasteiger partial charge in [0.2, 0.25) is 5.91 Å². The molecule has 0 saturated carbocycles. The number of hydrogen-bond donors (Lipinski definition) is 1. The molecule has 0 aliphatic rings. The fourth-order valence-corrected chi connectivity index (χ4v) is 1.61. The number of amides is 1. The van der Waals surface area contributed by atoms with Crippen LogP contribution in [0.5, 0.6) is 0 Å². The zero-order chi connectivity index (χ0) is 9.84. The van der Waals surface area contributed by atoms with Gasteiger partial charge >= 0.3 is 0 Å². The average molecular weight is 220 g/mol. The maximum atomic E-state index is 10.9. The minimum Gasteiger partial charge on any atom is -0.346 e. The van der Waals surface area contributed by atoms with Crippen LogP contribution in [0.1, 0.15) is 23.0 Å². The van der Waals surface area contributed by atoms with Crippen LogP contribution in [0.15, 0.2) is 0 Å². The van der Waals surface area contributed by atoms with E-state index in [1.807, 2.05) is 13.8 Å². The van der Waals surface area contributed by atoms with Gasteiger partial charge in [-0.15, -0.1) is 21.8 Å². The number of nitrogens with one attached hydrogen (secondary N) is 1. The Bertz CT molecular complexity index is 302. The summed E-state index contributed by atoms with van der Waals surface area (Å²) < 4.78 is 0. The lowest BCUT2D eigenvalue weighted by atomic mass is 10.3. The van der Waals surface area contributed by atoms with E-state index < -0.39 is 0 Å². The minimum absolute atomic E-state index is 0.0257. The molecule has 0 aliphatic carbocycles. The largest absolute Gasteiger partial charge is 0.346 e. The van der Waals surface area contributed by atoms with Gasteiger partial charge in [0.05, 0.1) is 6.04 Å². The van der Waals surface area contributed by atoms with Gasteiger partial charge in [-0.1, -0.05) is 11.3 Å². The van der Waals surface area contributed by atoms with Gasteiger partial charge in [-0.05, 0) is 13.8 Å². The summed E-state index contributed by atoms with van der Waals surface area (Å²) in [7, 11) is 0. The molecule has 1 atom stereocenters. The lowest BCUT2D eigenvalue weighted by molar-refractivity contribution is -0.119. The fourth-order valence-electron chi connectivity index (χ4n) is 0.829. The number of carbonyl (C=O) groups is 1. The van der Waals surface area contributed by atoms with Crippen molar-refractivity contribution in [1.82, 2.24) is 15.5 Å². The van der Waals surface area contributed by atoms with Gasteiger partial charge in [-0.25, -0.2) is 0 Å². The number of aryl methyl sites for hydroxylation is 1. The molecule has 1 amide bonds. The number of nitrogens with zero attached hydrogens (tertiary/aromatic N) is 2. The summed E-state index contributed by atoms with van der Waals surface area (Å²) in [5, 5.41) is 12.2. The van der Waals surface area contributed by atoms with Gasteiger partial charge in [0, 0.05) is 0 Å². The standard InChI is InChI=1S/C7H10ClN3OS/c1-4(9-6(12)3-8)7-11-10-5(2)13-7/h4H,3H2,1-2H3,(H,9,12). The van der Waals surface area contributed by atoms with Crippen molar-refractivity contribution >= 4 is 28.8 Å². The van der Waals surface area contributed by atoms with Crippen LogP contribution in [0.2, 0.25) is 0 Å². The maximum absolute atomic E-state index is 10.9. The van der Waals surface area contributed by atoms with Crippen LogP contribution in [0.4, 0.5) is 0 Å². The number of carbonyl (C=O) groups excluding carboxylic acids is 1. The molecule has 1 heterocycles. The molecule has 4 nitrogen and oxygen atoms in total. The highest BCUT2D eigenvalue weighted by atomic mass is 35.5. The summed E-state index contributed by atoms with van der Waals surface area (Å²) in [5.74, 6) is -0.218. The van der Waals surface area contributed by atoms with Crippen molar-refractivity contribution in [3.05, 3.63) is 10.0 Å². The molecular weight excluding hydrogens is 210 g/mol. The summed E-state index contributed by atoms with van der Waals surface area (Å²) in [5.41, 5.74) is 0. The molecule has 1 aromatic heterocycles. The van der Waals surface area contributed by atoms with E-state index in [-0.39, 0.29) is 17.8 Å². The maximum Gasteiger partial charge on any atom is 0.235 e. The average Bonchev–Trinajstić information content (AvgIpc) is 2.51. The van der Waals surface area contributed by atoms with Crippen molar-refractivity contribution in [3.63, 3.8) is 0 Å². The smallest absolute Gasteiger partial charge is 0.235 e. The topological polar surface area (TPSA) is 54.9 Å². The lowest BCUT2D eigenvalue weighted by Gasteiger charge is -2.08. The molecule has 6 heteroatoms. The summed E-state index contributed by atoms with van der Waals surface area (Å²) in [6.45, 7) is 3.72. The number of halogens is 1. The molecule has 0 saturated heterocycles. The highest BCUT2D eigenvalue weighted by Crippen LogP contribution is 2.16. The summed E-state index contributed by atoms with van der Waals surface area (Å²) in [6.07, 6.45) is 0. The molecule has 0 bridgehead atoms. The van der Waals surface area contributed by atoms with Crippen LogP contribution >= 0.6 is 22.9 Å². The minimum atomic E-state index is -0.193. The van der Waals surface area contributed by atoms with E-state index in [0.717, 1.165) is 10.0 Å². The van der Waals surface area contributed by atoms with Crippen molar-refractivity contribution in [3.8, 4) is 0 Å². The Morgan fingerprint density at radius 2 is 2.38 bits per heavy atom. The third-order valence-electron chi connectivity index (χ3n) is 1.41. The molecule has 0 aliphatic heterocycles. The molecule has 0 radical (unpaired) electrons. The first-order valence-electron chi connectivity index (χ1n) is 3.79. The molecule has 0 spiro atoms. The predicted molar refractivity (Wildman–Crippen MR) is 51.9 cm³/mol. The molecule has 1 unspecified atom stereocenters. The normalized spacial score (nSPS) is 12.5. The van der Waals surface area contributed by atoms with Gasteiger partial charge in [-0.2, -0.15) is 0 Å². The van der Waals surface area contributed by atoms with E-state index in [9.17, 15) is 4.79 Å². The van der Waals surface area contributed by atoms with Crippen molar-refractivity contribution in [1.29, 1.82) is 0 Å². The SMILES string of the molecule is Cc1nnc(C(C)NC(=O)CCl)s1. The number of rotatable bonds is 3. The van der Waals surface area contributed by atoms with Crippen LogP contribution < -0.4 is 5.32 Å². The predicted octanol–water partition coefficient (Wildman–Crippen LogP) is 1.26. The molecule has 13 heavy (non-hydrogen) atoms. The Hall–Kier alpha value is -0.680. The van der Waals surface area contributed by atoms with E-state index in [0.29, 0.717) is 0 Å². The quantitative estimate of drug-likeness (QED) is 0.779. The number of hydrogen-bond acceptors (Lipinski definition) is 4. The van der Waals surface area contributed by atoms with Crippen molar-refractivity contribution in [2.24, 2.45) is 0 Å². The fraction of sp³-hybridized carbons (Fsp3) is 0.571. The zero-order valence-electron chi connectivity index (χ0n) is 7.37. The van der Waals surface area contributed by atoms with Crippen LogP contribution in [0.3, 0.4) is 0 Å².